The zero-order valence-corrected chi connectivity index (χ0v) is 4.94. The molecular formula is CH13ClMgN2O4. The van der Waals surface area contributed by atoms with E-state index >= 15 is 0 Å². The van der Waals surface area contributed by atoms with Crippen LogP contribution in [0.2, 0.25) is 0 Å². The second-order valence-corrected chi connectivity index (χ2v) is 0.283. The summed E-state index contributed by atoms with van der Waals surface area (Å²) in [7, 11) is 0. The third kappa shape index (κ3) is 7430. The highest BCUT2D eigenvalue weighted by molar-refractivity contribution is 5.85. The highest BCUT2D eigenvalue weighted by atomic mass is 35.5. The van der Waals surface area contributed by atoms with Crippen LogP contribution in [0.4, 0.5) is 4.79 Å². The summed E-state index contributed by atoms with van der Waals surface area (Å²) in [5.74, 6) is 0. The van der Waals surface area contributed by atoms with Gasteiger partial charge < -0.3 is 28.0 Å². The zero-order chi connectivity index (χ0) is 3.58. The summed E-state index contributed by atoms with van der Waals surface area (Å²) in [6.45, 7) is 0. The summed E-state index contributed by atoms with van der Waals surface area (Å²) in [4.78, 5) is 8.56. The number of carbonyl (C=O) groups is 1. The molecule has 0 aromatic heterocycles. The van der Waals surface area contributed by atoms with Crippen LogP contribution >= 0.6 is 12.4 Å². The molecule has 0 saturated carbocycles. The van der Waals surface area contributed by atoms with E-state index in [9.17, 15) is 0 Å². The van der Waals surface area contributed by atoms with Gasteiger partial charge in [0.15, 0.2) is 0 Å². The number of halogens is 1. The predicted octanol–water partition coefficient (Wildman–Crippen LogP) is -0.773. The lowest BCUT2D eigenvalue weighted by atomic mass is 11.5. The topological polar surface area (TPSA) is 159 Å². The van der Waals surface area contributed by atoms with Crippen LogP contribution in [0.5, 0.6) is 0 Å². The summed E-state index contributed by atoms with van der Waals surface area (Å²) in [5, 5.41) is 13.9. The van der Waals surface area contributed by atoms with E-state index < -0.39 is 6.16 Å². The van der Waals surface area contributed by atoms with Crippen molar-refractivity contribution in [3.63, 3.8) is 0 Å². The molecule has 0 heterocycles. The van der Waals surface area contributed by atoms with Crippen molar-refractivity contribution >= 4 is 41.6 Å². The van der Waals surface area contributed by atoms with Crippen LogP contribution < -0.4 is 12.3 Å². The Hall–Kier alpha value is 0.206. The first-order chi connectivity index (χ1) is 1.73. The molecule has 0 saturated heterocycles. The molecule has 0 unspecified atom stereocenters. The van der Waals surface area contributed by atoms with Crippen LogP contribution in [0.1, 0.15) is 0 Å². The summed E-state index contributed by atoms with van der Waals surface area (Å²) in [6.07, 6.45) is -1.83. The van der Waals surface area contributed by atoms with Gasteiger partial charge in [0.05, 0.1) is 0 Å². The van der Waals surface area contributed by atoms with E-state index in [1.165, 1.54) is 0 Å². The molecule has 0 aliphatic carbocycles. The Morgan fingerprint density at radius 3 is 1.11 bits per heavy atom. The van der Waals surface area contributed by atoms with Gasteiger partial charge in [-0.1, -0.05) is 0 Å². The fourth-order valence-electron chi connectivity index (χ4n) is 0. The molecule has 8 heteroatoms. The maximum atomic E-state index is 8.56. The molecule has 10 N–H and O–H groups in total. The molecule has 0 bridgehead atoms. The molecule has 0 atom stereocenters. The Morgan fingerprint density at radius 1 is 1.11 bits per heavy atom. The highest BCUT2D eigenvalue weighted by Gasteiger charge is 1.70. The van der Waals surface area contributed by atoms with Gasteiger partial charge in [-0.2, -0.15) is 0 Å². The average Bonchev–Trinajstić information content (AvgIpc) is 0.811. The quantitative estimate of drug-likeness (QED) is 0.356. The van der Waals surface area contributed by atoms with Gasteiger partial charge in [0.1, 0.15) is 0 Å². The fourth-order valence-corrected chi connectivity index (χ4v) is 0. The van der Waals surface area contributed by atoms with Crippen molar-refractivity contribution in [1.29, 1.82) is 0 Å². The van der Waals surface area contributed by atoms with E-state index in [2.05, 4.69) is 0 Å². The standard InChI is InChI=1S/CH2O3.ClH.Mg.2H3N.H2O.2H/c2-1(3)4;;;;;;;/h(H2,2,3,4);1H;;2*1H3;1H2;;. The minimum Gasteiger partial charge on any atom is -0.450 e. The molecule has 0 aliphatic heterocycles. The molecular weight excluding hydrogens is 164 g/mol. The Bertz CT molecular complexity index is 41.5. The van der Waals surface area contributed by atoms with E-state index in [0.717, 1.165) is 0 Å². The highest BCUT2D eigenvalue weighted by Crippen LogP contribution is 1.42. The fraction of sp³-hybridized carbons (Fsp3) is 0. The molecule has 0 spiro atoms. The van der Waals surface area contributed by atoms with E-state index in [-0.39, 0.29) is 53.2 Å². The van der Waals surface area contributed by atoms with Gasteiger partial charge in [0.25, 0.3) is 0 Å². The predicted molar refractivity (Wildman–Crippen MR) is 40.1 cm³/mol. The molecule has 0 rings (SSSR count). The first kappa shape index (κ1) is 60.3. The second-order valence-electron chi connectivity index (χ2n) is 0.283. The molecule has 0 aliphatic rings. The summed E-state index contributed by atoms with van der Waals surface area (Å²) in [5.41, 5.74) is 0. The largest absolute Gasteiger partial charge is 0.503 e. The molecule has 60 valence electrons. The molecule has 0 amide bonds. The van der Waals surface area contributed by atoms with Gasteiger partial charge >= 0.3 is 29.2 Å². The normalized spacial score (nSPS) is 2.67. The maximum Gasteiger partial charge on any atom is 0.503 e. The van der Waals surface area contributed by atoms with Crippen LogP contribution in [0.25, 0.3) is 0 Å². The number of carboxylic acid groups (broad SMARTS) is 2. The zero-order valence-electron chi connectivity index (χ0n) is 4.13. The average molecular weight is 177 g/mol. The van der Waals surface area contributed by atoms with Crippen molar-refractivity contribution in [3.05, 3.63) is 0 Å². The Kier molecular flexibility index (Phi) is 278. The number of hydrogen-bond donors (Lipinski definition) is 4. The van der Waals surface area contributed by atoms with Gasteiger partial charge in [-0.15, -0.1) is 12.4 Å². The van der Waals surface area contributed by atoms with E-state index in [0.29, 0.717) is 0 Å². The Balaban J connectivity index is -0.00000000450. The first-order valence-electron chi connectivity index (χ1n) is 0.651. The van der Waals surface area contributed by atoms with Crippen molar-refractivity contribution in [2.45, 2.75) is 0 Å². The van der Waals surface area contributed by atoms with Gasteiger partial charge in [-0.05, 0) is 0 Å². The monoisotopic (exact) mass is 176 g/mol. The van der Waals surface area contributed by atoms with E-state index in [1.807, 2.05) is 0 Å². The molecule has 0 fully saturated rings. The summed E-state index contributed by atoms with van der Waals surface area (Å²) >= 11 is 0. The van der Waals surface area contributed by atoms with Crippen LogP contribution in [0, 0.1) is 0 Å². The van der Waals surface area contributed by atoms with Crippen molar-refractivity contribution in [1.82, 2.24) is 12.3 Å². The molecule has 0 radical (unpaired) electrons. The summed E-state index contributed by atoms with van der Waals surface area (Å²) in [6, 6.07) is 0. The van der Waals surface area contributed by atoms with Crippen LogP contribution in [0.3, 0.4) is 0 Å². The van der Waals surface area contributed by atoms with Crippen molar-refractivity contribution in [2.24, 2.45) is 0 Å². The van der Waals surface area contributed by atoms with Crippen molar-refractivity contribution < 1.29 is 20.5 Å². The van der Waals surface area contributed by atoms with Crippen molar-refractivity contribution in [3.8, 4) is 0 Å². The minimum absolute atomic E-state index is 0. The number of hydrogen-bond acceptors (Lipinski definition) is 3. The van der Waals surface area contributed by atoms with Gasteiger partial charge in [-0.3, -0.25) is 0 Å². The third-order valence-electron chi connectivity index (χ3n) is 0. The first-order valence-corrected chi connectivity index (χ1v) is 0.651. The van der Waals surface area contributed by atoms with Gasteiger partial charge in [0.2, 0.25) is 0 Å². The summed E-state index contributed by atoms with van der Waals surface area (Å²) < 4.78 is 0. The van der Waals surface area contributed by atoms with Crippen LogP contribution in [-0.2, 0) is 0 Å². The lowest BCUT2D eigenvalue weighted by Gasteiger charge is -1.60. The lowest BCUT2D eigenvalue weighted by molar-refractivity contribution is 0.137. The molecule has 9 heavy (non-hydrogen) atoms. The van der Waals surface area contributed by atoms with Crippen LogP contribution in [0.15, 0.2) is 0 Å². The smallest absolute Gasteiger partial charge is 0.450 e. The Labute approximate surface area is 74.7 Å². The molecule has 0 aromatic carbocycles. The SMILES string of the molecule is Cl.N.N.O.O=C(O)O.[MgH2]. The minimum atomic E-state index is -1.83. The van der Waals surface area contributed by atoms with Gasteiger partial charge in [-0.25, -0.2) is 4.79 Å². The number of rotatable bonds is 0. The lowest BCUT2D eigenvalue weighted by Crippen LogP contribution is -1.81. The van der Waals surface area contributed by atoms with E-state index in [4.69, 9.17) is 15.0 Å². The van der Waals surface area contributed by atoms with Crippen molar-refractivity contribution in [2.75, 3.05) is 0 Å². The second kappa shape index (κ2) is 41.5. The molecule has 0 aromatic rings. The maximum absolute atomic E-state index is 8.56. The van der Waals surface area contributed by atoms with Crippen LogP contribution in [-0.4, -0.2) is 44.9 Å². The molecule has 6 nitrogen and oxygen atoms in total. The third-order valence-corrected chi connectivity index (χ3v) is 0. The Morgan fingerprint density at radius 2 is 1.11 bits per heavy atom. The van der Waals surface area contributed by atoms with E-state index in [1.54, 1.807) is 0 Å². The van der Waals surface area contributed by atoms with Gasteiger partial charge in [0, 0.05) is 0 Å².